The predicted molar refractivity (Wildman–Crippen MR) is 129 cm³/mol. The Kier molecular flexibility index (Phi) is 6.91. The SMILES string of the molecule is COc1c(O)c2c(c(O)c1OC)C(=O)C(O)(C(O)(O)C1(O)C(O)(O)C(O)(O)N(Cc3ccccc3)C(O)(O)C1(O)O)C2. The van der Waals surface area contributed by atoms with Crippen molar-refractivity contribution in [2.75, 3.05) is 14.2 Å². The molecule has 14 N–H and O–H groups in total. The van der Waals surface area contributed by atoms with Gasteiger partial charge in [0.2, 0.25) is 28.7 Å². The number of phenols is 2. The lowest BCUT2D eigenvalue weighted by Crippen LogP contribution is -2.98. The summed E-state index contributed by atoms with van der Waals surface area (Å²) in [4.78, 5) is 12.8. The number of nitrogens with zero attached hydrogens (tertiary/aromatic N) is 1. The Bertz CT molecular complexity index is 1390. The monoisotopic (exact) mass is 603 g/mol. The first kappa shape index (κ1) is 31.7. The number of likely N-dealkylation sites (tertiary alicyclic amines) is 1. The van der Waals surface area contributed by atoms with Crippen molar-refractivity contribution in [3.8, 4) is 23.0 Å². The molecule has 0 radical (unpaired) electrons. The van der Waals surface area contributed by atoms with Gasteiger partial charge in [0.15, 0.2) is 17.1 Å². The van der Waals surface area contributed by atoms with E-state index in [1.807, 2.05) is 0 Å². The van der Waals surface area contributed by atoms with Gasteiger partial charge < -0.3 is 81.0 Å². The predicted octanol–water partition coefficient (Wildman–Crippen LogP) is -5.85. The van der Waals surface area contributed by atoms with Gasteiger partial charge in [-0.05, 0) is 5.56 Å². The van der Waals surface area contributed by atoms with Gasteiger partial charge >= 0.3 is 0 Å². The molecular weight excluding hydrogens is 574 g/mol. The molecule has 2 aliphatic rings. The molecule has 4 rings (SSSR count). The Labute approximate surface area is 234 Å². The fourth-order valence-corrected chi connectivity index (χ4v) is 5.44. The lowest BCUT2D eigenvalue weighted by Gasteiger charge is -2.66. The van der Waals surface area contributed by atoms with Crippen LogP contribution in [0.3, 0.4) is 0 Å². The second kappa shape index (κ2) is 9.14. The molecule has 2 aromatic rings. The number of ketones is 1. The van der Waals surface area contributed by atoms with Crippen molar-refractivity contribution >= 4 is 5.78 Å². The van der Waals surface area contributed by atoms with Crippen LogP contribution in [0.5, 0.6) is 23.0 Å². The highest BCUT2D eigenvalue weighted by atomic mass is 16.7. The van der Waals surface area contributed by atoms with Crippen molar-refractivity contribution in [2.24, 2.45) is 0 Å². The zero-order valence-corrected chi connectivity index (χ0v) is 21.7. The molecule has 1 saturated heterocycles. The van der Waals surface area contributed by atoms with Gasteiger partial charge in [0.05, 0.1) is 19.8 Å². The van der Waals surface area contributed by atoms with E-state index in [-0.39, 0.29) is 5.56 Å². The van der Waals surface area contributed by atoms with E-state index in [0.717, 1.165) is 14.2 Å². The Hall–Kier alpha value is -3.21. The Morgan fingerprint density at radius 1 is 0.786 bits per heavy atom. The van der Waals surface area contributed by atoms with Crippen molar-refractivity contribution in [3.63, 3.8) is 0 Å². The number of piperidine rings is 1. The minimum absolute atomic E-state index is 0.0670. The standard InChI is InChI=1S/C24H29NO17/c1-41-15-13(26)11-8-18(29,17(28)12(11)14(27)16(15)42-2)20(31,32)19(30)21(33,34)23(37,38)25(24(39,40)22(19,35)36)9-10-6-4-3-5-7-10/h3-7,26-27,29-40H,8-9H2,1-2H3. The number of Topliss-reactive ketones (excluding diaryl/α,β-unsaturated/α-hetero) is 1. The fourth-order valence-electron chi connectivity index (χ4n) is 5.44. The van der Waals surface area contributed by atoms with Gasteiger partial charge in [-0.3, -0.25) is 4.79 Å². The van der Waals surface area contributed by atoms with Gasteiger partial charge in [0.1, 0.15) is 0 Å². The number of aliphatic hydroxyl groups is 12. The van der Waals surface area contributed by atoms with Gasteiger partial charge in [-0.2, -0.15) is 4.90 Å². The van der Waals surface area contributed by atoms with Crippen LogP contribution in [0.4, 0.5) is 0 Å². The number of ether oxygens (including phenoxy) is 2. The molecule has 232 valence electrons. The van der Waals surface area contributed by atoms with E-state index >= 15 is 0 Å². The van der Waals surface area contributed by atoms with E-state index in [1.54, 1.807) is 0 Å². The van der Waals surface area contributed by atoms with E-state index in [0.29, 0.717) is 0 Å². The summed E-state index contributed by atoms with van der Waals surface area (Å²) in [5.74, 6) is -30.4. The maximum atomic E-state index is 13.4. The topological polar surface area (TPSA) is 322 Å². The normalized spacial score (nSPS) is 25.6. The number of benzene rings is 2. The molecule has 0 aromatic heterocycles. The summed E-state index contributed by atoms with van der Waals surface area (Å²) in [5.41, 5.74) is -11.5. The van der Waals surface area contributed by atoms with E-state index in [4.69, 9.17) is 9.47 Å². The van der Waals surface area contributed by atoms with Gasteiger partial charge in [-0.1, -0.05) is 30.3 Å². The number of aromatic hydroxyl groups is 2. The van der Waals surface area contributed by atoms with Crippen LogP contribution in [-0.2, 0) is 13.0 Å². The van der Waals surface area contributed by atoms with E-state index in [1.165, 1.54) is 30.3 Å². The van der Waals surface area contributed by atoms with Crippen LogP contribution in [-0.4, -0.2) is 137 Å². The van der Waals surface area contributed by atoms with Gasteiger partial charge in [-0.25, -0.2) is 0 Å². The average Bonchev–Trinajstić information content (AvgIpc) is 3.20. The summed E-state index contributed by atoms with van der Waals surface area (Å²) in [6.07, 6.45) is -1.59. The highest BCUT2D eigenvalue weighted by molar-refractivity contribution is 6.11. The van der Waals surface area contributed by atoms with E-state index < -0.39 is 98.2 Å². The maximum Gasteiger partial charge on any atom is 0.290 e. The molecule has 0 amide bonds. The summed E-state index contributed by atoms with van der Waals surface area (Å²) in [6, 6.07) is 6.64. The minimum Gasteiger partial charge on any atom is -0.504 e. The first-order valence-electron chi connectivity index (χ1n) is 11.8. The molecule has 42 heavy (non-hydrogen) atoms. The highest BCUT2D eigenvalue weighted by Gasteiger charge is 2.92. The van der Waals surface area contributed by atoms with Crippen LogP contribution >= 0.6 is 0 Å². The fraction of sp³-hybridized carbons (Fsp3) is 0.458. The second-order valence-electron chi connectivity index (χ2n) is 10.1. The minimum atomic E-state index is -5.35. The Balaban J connectivity index is 1.95. The molecule has 1 fully saturated rings. The van der Waals surface area contributed by atoms with Crippen molar-refractivity contribution in [1.29, 1.82) is 0 Å². The first-order chi connectivity index (χ1) is 19.1. The van der Waals surface area contributed by atoms with Crippen LogP contribution < -0.4 is 9.47 Å². The van der Waals surface area contributed by atoms with Crippen LogP contribution in [0, 0.1) is 0 Å². The smallest absolute Gasteiger partial charge is 0.290 e. The zero-order valence-electron chi connectivity index (χ0n) is 21.7. The molecular formula is C24H29NO17. The zero-order chi connectivity index (χ0) is 32.1. The van der Waals surface area contributed by atoms with Crippen molar-refractivity contribution in [2.45, 2.75) is 53.4 Å². The number of carbonyl (C=O) groups is 1. The Morgan fingerprint density at radius 2 is 1.24 bits per heavy atom. The third kappa shape index (κ3) is 3.40. The number of carbonyl (C=O) groups excluding carboxylic acids is 1. The van der Waals surface area contributed by atoms with Crippen LogP contribution in [0.15, 0.2) is 30.3 Å². The van der Waals surface area contributed by atoms with Crippen molar-refractivity contribution in [3.05, 3.63) is 47.0 Å². The lowest BCUT2D eigenvalue weighted by molar-refractivity contribution is -0.623. The molecule has 1 aliphatic carbocycles. The molecule has 1 unspecified atom stereocenters. The van der Waals surface area contributed by atoms with Crippen LogP contribution in [0.2, 0.25) is 0 Å². The summed E-state index contributed by atoms with van der Waals surface area (Å²) >= 11 is 0. The summed E-state index contributed by atoms with van der Waals surface area (Å²) < 4.78 is 9.73. The van der Waals surface area contributed by atoms with Crippen LogP contribution in [0.25, 0.3) is 0 Å². The number of fused-ring (bicyclic) bond motifs is 1. The molecule has 18 nitrogen and oxygen atoms in total. The molecule has 1 aliphatic heterocycles. The van der Waals surface area contributed by atoms with Crippen molar-refractivity contribution in [1.82, 2.24) is 4.90 Å². The molecule has 0 spiro atoms. The molecule has 1 heterocycles. The number of phenolic OH excluding ortho intramolecular Hbond substituents is 2. The summed E-state index contributed by atoms with van der Waals surface area (Å²) in [6.45, 7) is -1.16. The third-order valence-corrected chi connectivity index (χ3v) is 7.87. The molecule has 1 atom stereocenters. The van der Waals surface area contributed by atoms with Crippen LogP contribution in [0.1, 0.15) is 21.5 Å². The molecule has 0 saturated carbocycles. The quantitative estimate of drug-likeness (QED) is 0.108. The summed E-state index contributed by atoms with van der Waals surface area (Å²) in [7, 11) is 1.92. The van der Waals surface area contributed by atoms with Gasteiger partial charge in [0.25, 0.3) is 23.4 Å². The number of hydrogen-bond donors (Lipinski definition) is 14. The summed E-state index contributed by atoms with van der Waals surface area (Å²) in [5, 5.41) is 153. The van der Waals surface area contributed by atoms with Gasteiger partial charge in [-0.15, -0.1) is 0 Å². The Morgan fingerprint density at radius 3 is 1.69 bits per heavy atom. The number of rotatable bonds is 6. The number of methoxy groups -OCH3 is 2. The maximum absolute atomic E-state index is 13.4. The first-order valence-corrected chi connectivity index (χ1v) is 11.8. The van der Waals surface area contributed by atoms with E-state index in [9.17, 15) is 76.3 Å². The van der Waals surface area contributed by atoms with E-state index in [2.05, 4.69) is 0 Å². The highest BCUT2D eigenvalue weighted by Crippen LogP contribution is 2.60. The lowest BCUT2D eigenvalue weighted by atomic mass is 9.63. The average molecular weight is 603 g/mol. The molecule has 2 aromatic carbocycles. The molecule has 0 bridgehead atoms. The number of hydrogen-bond acceptors (Lipinski definition) is 18. The second-order valence-corrected chi connectivity index (χ2v) is 10.1. The molecule has 18 heteroatoms. The largest absolute Gasteiger partial charge is 0.504 e. The third-order valence-electron chi connectivity index (χ3n) is 7.87. The van der Waals surface area contributed by atoms with Crippen molar-refractivity contribution < 1.29 is 85.8 Å². The van der Waals surface area contributed by atoms with Gasteiger partial charge in [0, 0.05) is 18.5 Å².